The molecule has 0 bridgehead atoms. The van der Waals surface area contributed by atoms with Gasteiger partial charge in [0.15, 0.2) is 0 Å². The summed E-state index contributed by atoms with van der Waals surface area (Å²) >= 11 is 0. The van der Waals surface area contributed by atoms with Gasteiger partial charge in [-0.2, -0.15) is 0 Å². The fourth-order valence-corrected chi connectivity index (χ4v) is 3.32. The van der Waals surface area contributed by atoms with Crippen LogP contribution in [-0.2, 0) is 14.4 Å². The van der Waals surface area contributed by atoms with Crippen LogP contribution in [-0.4, -0.2) is 86.5 Å². The highest BCUT2D eigenvalue weighted by Crippen LogP contribution is 2.43. The van der Waals surface area contributed by atoms with Crippen LogP contribution >= 0.6 is 0 Å². The summed E-state index contributed by atoms with van der Waals surface area (Å²) in [7, 11) is 0. The molecule has 158 valence electrons. The number of carboxylic acid groups (broad SMARTS) is 3. The van der Waals surface area contributed by atoms with Gasteiger partial charge < -0.3 is 47.8 Å². The van der Waals surface area contributed by atoms with E-state index in [1.54, 1.807) is 0 Å². The van der Waals surface area contributed by atoms with Crippen LogP contribution in [0.1, 0.15) is 25.7 Å². The molecule has 27 heavy (non-hydrogen) atoms. The maximum atomic E-state index is 11.2. The summed E-state index contributed by atoms with van der Waals surface area (Å²) in [5.41, 5.74) is 14.6. The van der Waals surface area contributed by atoms with Crippen LogP contribution < -0.4 is 17.2 Å². The highest BCUT2D eigenvalue weighted by atomic mass is 16.4. The monoisotopic (exact) mass is 395 g/mol. The molecule has 0 aliphatic rings. The Balaban J connectivity index is 6.46. The van der Waals surface area contributed by atoms with Crippen LogP contribution in [0.2, 0.25) is 0 Å². The maximum absolute atomic E-state index is 11.2. The van der Waals surface area contributed by atoms with Crippen LogP contribution in [0, 0.1) is 10.8 Å². The fraction of sp³-hybridized carbons (Fsp3) is 0.800. The maximum Gasteiger partial charge on any atom is 0.304 e. The zero-order chi connectivity index (χ0) is 21.4. The number of nitrogens with two attached hydrogens (primary N) is 3. The molecular weight excluding hydrogens is 366 g/mol. The van der Waals surface area contributed by atoms with Gasteiger partial charge in [0.1, 0.15) is 0 Å². The molecule has 0 saturated carbocycles. The van der Waals surface area contributed by atoms with Crippen molar-refractivity contribution in [3.05, 3.63) is 0 Å². The molecule has 12 heteroatoms. The van der Waals surface area contributed by atoms with Gasteiger partial charge in [0.05, 0.1) is 39.1 Å². The van der Waals surface area contributed by atoms with E-state index in [1.165, 1.54) is 0 Å². The van der Waals surface area contributed by atoms with Crippen molar-refractivity contribution in [2.45, 2.75) is 43.8 Å². The summed E-state index contributed by atoms with van der Waals surface area (Å²) in [5.74, 6) is -4.08. The molecule has 0 aromatic heterocycles. The van der Waals surface area contributed by atoms with Gasteiger partial charge in [-0.15, -0.1) is 0 Å². The van der Waals surface area contributed by atoms with Gasteiger partial charge in [0.2, 0.25) is 0 Å². The fourth-order valence-electron chi connectivity index (χ4n) is 3.32. The number of aliphatic hydroxyl groups excluding tert-OH is 3. The summed E-state index contributed by atoms with van der Waals surface area (Å²) in [6, 6.07) is -4.24. The van der Waals surface area contributed by atoms with Gasteiger partial charge in [-0.3, -0.25) is 14.4 Å². The molecule has 0 spiro atoms. The molecule has 0 saturated heterocycles. The van der Waals surface area contributed by atoms with Gasteiger partial charge in [-0.05, 0) is 6.42 Å². The Morgan fingerprint density at radius 1 is 0.667 bits per heavy atom. The molecule has 12 N–H and O–H groups in total. The quantitative estimate of drug-likeness (QED) is 0.140. The van der Waals surface area contributed by atoms with E-state index in [2.05, 4.69) is 0 Å². The number of hydrogen-bond donors (Lipinski definition) is 9. The molecule has 0 aromatic rings. The molecule has 0 aliphatic heterocycles. The number of carboxylic acids is 3. The summed E-state index contributed by atoms with van der Waals surface area (Å²) in [4.78, 5) is 33.5. The lowest BCUT2D eigenvalue weighted by Gasteiger charge is -2.50. The second kappa shape index (κ2) is 10.5. The first kappa shape index (κ1) is 25.2. The zero-order valence-electron chi connectivity index (χ0n) is 14.8. The second-order valence-electron chi connectivity index (χ2n) is 6.88. The van der Waals surface area contributed by atoms with Gasteiger partial charge in [0, 0.05) is 29.0 Å². The number of aliphatic carboxylic acids is 3. The molecule has 3 atom stereocenters. The van der Waals surface area contributed by atoms with Crippen molar-refractivity contribution in [1.29, 1.82) is 0 Å². The number of rotatable bonds is 14. The van der Waals surface area contributed by atoms with Crippen molar-refractivity contribution in [2.75, 3.05) is 19.8 Å². The first-order chi connectivity index (χ1) is 12.4. The summed E-state index contributed by atoms with van der Waals surface area (Å²) < 4.78 is 0. The van der Waals surface area contributed by atoms with Gasteiger partial charge in [0.25, 0.3) is 0 Å². The third kappa shape index (κ3) is 6.37. The van der Waals surface area contributed by atoms with Crippen molar-refractivity contribution in [1.82, 2.24) is 0 Å². The Bertz CT molecular complexity index is 461. The van der Waals surface area contributed by atoms with E-state index in [4.69, 9.17) is 32.5 Å². The van der Waals surface area contributed by atoms with E-state index in [9.17, 15) is 29.7 Å². The van der Waals surface area contributed by atoms with E-state index >= 15 is 0 Å². The minimum atomic E-state index is -1.83. The lowest BCUT2D eigenvalue weighted by molar-refractivity contribution is -0.141. The Morgan fingerprint density at radius 2 is 0.926 bits per heavy atom. The Hall–Kier alpha value is -1.83. The third-order valence-electron chi connectivity index (χ3n) is 4.94. The first-order valence-corrected chi connectivity index (χ1v) is 8.15. The predicted octanol–water partition coefficient (Wildman–Crippen LogP) is -3.27. The van der Waals surface area contributed by atoms with Crippen molar-refractivity contribution in [2.24, 2.45) is 28.0 Å². The molecule has 0 fully saturated rings. The van der Waals surface area contributed by atoms with E-state index < -0.39 is 92.4 Å². The van der Waals surface area contributed by atoms with Gasteiger partial charge in [-0.1, -0.05) is 0 Å². The number of aliphatic hydroxyl groups is 3. The van der Waals surface area contributed by atoms with Crippen LogP contribution in [0.25, 0.3) is 0 Å². The topological polar surface area (TPSA) is 251 Å². The lowest BCUT2D eigenvalue weighted by atomic mass is 9.59. The Kier molecular flexibility index (Phi) is 9.78. The highest BCUT2D eigenvalue weighted by molar-refractivity contribution is 5.70. The van der Waals surface area contributed by atoms with Gasteiger partial charge >= 0.3 is 17.9 Å². The Labute approximate surface area is 155 Å². The van der Waals surface area contributed by atoms with E-state index in [0.717, 1.165) is 0 Å². The Morgan fingerprint density at radius 3 is 1.11 bits per heavy atom. The highest BCUT2D eigenvalue weighted by Gasteiger charge is 2.53. The van der Waals surface area contributed by atoms with Crippen molar-refractivity contribution < 1.29 is 45.0 Å². The molecule has 0 rings (SSSR count). The molecule has 0 aromatic carbocycles. The molecular formula is C15H29N3O9. The molecule has 0 heterocycles. The molecule has 0 amide bonds. The standard InChI is InChI=1S/C15H29N3O9/c16-8(1-11(22)23)15(9(17)2-12(24)25,10(18)3-13(26)27)4-14(5-19,6-20)7-21/h8-10,19-21H,1-7,16-18H2,(H,22,23)(H,24,25)(H,26,27). The van der Waals surface area contributed by atoms with Crippen LogP contribution in [0.3, 0.4) is 0 Å². The first-order valence-electron chi connectivity index (χ1n) is 8.15. The van der Waals surface area contributed by atoms with E-state index in [1.807, 2.05) is 0 Å². The lowest BCUT2D eigenvalue weighted by Crippen LogP contribution is -2.66. The SMILES string of the molecule is NC(CC(=O)O)C(CC(CO)(CO)CO)(C(N)CC(=O)O)C(N)CC(=O)O. The minimum absolute atomic E-state index is 0.485. The molecule has 0 aliphatic carbocycles. The van der Waals surface area contributed by atoms with Crippen molar-refractivity contribution in [3.8, 4) is 0 Å². The van der Waals surface area contributed by atoms with Crippen LogP contribution in [0.15, 0.2) is 0 Å². The predicted molar refractivity (Wildman–Crippen MR) is 91.4 cm³/mol. The molecule has 12 nitrogen and oxygen atoms in total. The summed E-state index contributed by atoms with van der Waals surface area (Å²) in [5, 5.41) is 56.2. The van der Waals surface area contributed by atoms with Crippen molar-refractivity contribution in [3.63, 3.8) is 0 Å². The largest absolute Gasteiger partial charge is 0.481 e. The zero-order valence-corrected chi connectivity index (χ0v) is 14.8. The summed E-state index contributed by atoms with van der Waals surface area (Å²) in [6.07, 6.45) is -2.65. The van der Waals surface area contributed by atoms with Crippen molar-refractivity contribution >= 4 is 17.9 Å². The average Bonchev–Trinajstić information content (AvgIpc) is 2.54. The minimum Gasteiger partial charge on any atom is -0.481 e. The molecule has 0 radical (unpaired) electrons. The van der Waals surface area contributed by atoms with Gasteiger partial charge in [-0.25, -0.2) is 0 Å². The number of carbonyl (C=O) groups is 3. The molecule has 3 unspecified atom stereocenters. The second-order valence-corrected chi connectivity index (χ2v) is 6.88. The normalized spacial score (nSPS) is 17.6. The summed E-state index contributed by atoms with van der Waals surface area (Å²) in [6.45, 7) is -2.33. The smallest absolute Gasteiger partial charge is 0.304 e. The van der Waals surface area contributed by atoms with E-state index in [-0.39, 0.29) is 0 Å². The average molecular weight is 395 g/mol. The number of hydrogen-bond acceptors (Lipinski definition) is 9. The van der Waals surface area contributed by atoms with Crippen LogP contribution in [0.5, 0.6) is 0 Å². The van der Waals surface area contributed by atoms with Crippen LogP contribution in [0.4, 0.5) is 0 Å². The van der Waals surface area contributed by atoms with E-state index in [0.29, 0.717) is 0 Å². The third-order valence-corrected chi connectivity index (χ3v) is 4.94.